The van der Waals surface area contributed by atoms with Crippen molar-refractivity contribution in [2.75, 3.05) is 25.0 Å². The van der Waals surface area contributed by atoms with E-state index in [1.807, 2.05) is 49.2 Å². The number of hydrogen-bond donors (Lipinski definition) is 0. The molecule has 2 aromatic heterocycles. The summed E-state index contributed by atoms with van der Waals surface area (Å²) < 4.78 is 7.70. The molecular weight excluding hydrogens is 356 g/mol. The summed E-state index contributed by atoms with van der Waals surface area (Å²) in [6.45, 7) is 3.39. The summed E-state index contributed by atoms with van der Waals surface area (Å²) in [4.78, 5) is 16.9. The molecule has 5 rings (SSSR count). The van der Waals surface area contributed by atoms with Gasteiger partial charge in [-0.3, -0.25) is 4.79 Å². The van der Waals surface area contributed by atoms with Crippen LogP contribution in [0.3, 0.4) is 0 Å². The van der Waals surface area contributed by atoms with Gasteiger partial charge >= 0.3 is 0 Å². The molecule has 0 spiro atoms. The maximum atomic E-state index is 12.9. The smallest absolute Gasteiger partial charge is 0.263 e. The molecule has 0 radical (unpaired) electrons. The Morgan fingerprint density at radius 2 is 2.00 bits per heavy atom. The van der Waals surface area contributed by atoms with Gasteiger partial charge in [-0.05, 0) is 43.5 Å². The van der Waals surface area contributed by atoms with E-state index in [0.29, 0.717) is 0 Å². The lowest BCUT2D eigenvalue weighted by Gasteiger charge is -2.45. The molecule has 1 fully saturated rings. The van der Waals surface area contributed by atoms with E-state index >= 15 is 0 Å². The van der Waals surface area contributed by atoms with Crippen molar-refractivity contribution in [2.24, 2.45) is 0 Å². The summed E-state index contributed by atoms with van der Waals surface area (Å²) in [6, 6.07) is 12.0. The number of nitrogens with zero attached hydrogens (tertiary/aromatic N) is 6. The lowest BCUT2D eigenvalue weighted by molar-refractivity contribution is -0.140. The van der Waals surface area contributed by atoms with Crippen LogP contribution in [0, 0.1) is 6.92 Å². The average Bonchev–Trinajstić information content (AvgIpc) is 3.06. The Morgan fingerprint density at radius 1 is 1.18 bits per heavy atom. The van der Waals surface area contributed by atoms with Crippen LogP contribution in [0.5, 0.6) is 5.75 Å². The molecule has 144 valence electrons. The second-order valence-corrected chi connectivity index (χ2v) is 7.47. The van der Waals surface area contributed by atoms with Crippen LogP contribution < -0.4 is 9.64 Å². The highest BCUT2D eigenvalue weighted by molar-refractivity contribution is 5.82. The van der Waals surface area contributed by atoms with Gasteiger partial charge in [0.25, 0.3) is 5.91 Å². The van der Waals surface area contributed by atoms with Gasteiger partial charge in [0.1, 0.15) is 11.6 Å². The summed E-state index contributed by atoms with van der Waals surface area (Å²) in [5.41, 5.74) is 1.91. The summed E-state index contributed by atoms with van der Waals surface area (Å²) >= 11 is 0. The largest absolute Gasteiger partial charge is 0.480 e. The van der Waals surface area contributed by atoms with Crippen LogP contribution in [0.15, 0.2) is 36.4 Å². The predicted molar refractivity (Wildman–Crippen MR) is 103 cm³/mol. The maximum absolute atomic E-state index is 12.9. The summed E-state index contributed by atoms with van der Waals surface area (Å²) in [5.74, 6) is 2.51. The second kappa shape index (κ2) is 6.47. The number of benzene rings is 1. The Bertz CT molecular complexity index is 1040. The topological polar surface area (TPSA) is 75.9 Å². The van der Waals surface area contributed by atoms with E-state index in [-0.39, 0.29) is 11.9 Å². The number of hydrogen-bond acceptors (Lipinski definition) is 6. The Hall–Kier alpha value is -3.16. The van der Waals surface area contributed by atoms with E-state index < -0.39 is 6.10 Å². The van der Waals surface area contributed by atoms with Crippen molar-refractivity contribution < 1.29 is 9.53 Å². The Balaban J connectivity index is 1.23. The number of carbonyl (C=O) groups is 1. The fraction of sp³-hybridized carbons (Fsp3) is 0.400. The van der Waals surface area contributed by atoms with Gasteiger partial charge in [-0.2, -0.15) is 4.52 Å². The molecule has 1 amide bonds. The molecule has 0 bridgehead atoms. The van der Waals surface area contributed by atoms with Crippen LogP contribution in [-0.2, 0) is 11.2 Å². The highest BCUT2D eigenvalue weighted by Crippen LogP contribution is 2.29. The Morgan fingerprint density at radius 3 is 2.86 bits per heavy atom. The van der Waals surface area contributed by atoms with Crippen molar-refractivity contribution >= 4 is 17.4 Å². The van der Waals surface area contributed by atoms with Crippen LogP contribution >= 0.6 is 0 Å². The second-order valence-electron chi connectivity index (χ2n) is 7.47. The van der Waals surface area contributed by atoms with Gasteiger partial charge < -0.3 is 14.5 Å². The minimum absolute atomic E-state index is 0.0530. The van der Waals surface area contributed by atoms with Crippen LogP contribution in [-0.4, -0.2) is 62.9 Å². The van der Waals surface area contributed by atoms with Crippen molar-refractivity contribution in [1.29, 1.82) is 0 Å². The highest BCUT2D eigenvalue weighted by Gasteiger charge is 2.37. The molecule has 0 saturated carbocycles. The van der Waals surface area contributed by atoms with E-state index in [1.54, 1.807) is 4.52 Å². The van der Waals surface area contributed by atoms with Gasteiger partial charge in [-0.25, -0.2) is 0 Å². The van der Waals surface area contributed by atoms with Crippen molar-refractivity contribution in [3.05, 3.63) is 47.8 Å². The summed E-state index contributed by atoms with van der Waals surface area (Å²) in [6.07, 6.45) is 1.20. The number of para-hydroxylation sites is 1. The third-order valence-corrected chi connectivity index (χ3v) is 5.68. The van der Waals surface area contributed by atoms with Crippen molar-refractivity contribution in [3.8, 4) is 5.75 Å². The fourth-order valence-electron chi connectivity index (χ4n) is 3.85. The van der Waals surface area contributed by atoms with Crippen LogP contribution in [0.1, 0.15) is 17.8 Å². The molecule has 1 aromatic carbocycles. The third kappa shape index (κ3) is 2.76. The van der Waals surface area contributed by atoms with Crippen molar-refractivity contribution in [2.45, 2.75) is 31.9 Å². The normalized spacial score (nSPS) is 19.1. The molecule has 8 heteroatoms. The molecule has 3 aromatic rings. The number of anilines is 1. The number of ether oxygens (including phenoxy) is 1. The third-order valence-electron chi connectivity index (χ3n) is 5.68. The zero-order valence-corrected chi connectivity index (χ0v) is 15.9. The molecule has 1 unspecified atom stereocenters. The Kier molecular flexibility index (Phi) is 3.92. The number of aryl methyl sites for hydroxylation is 2. The molecule has 1 atom stereocenters. The molecule has 0 aliphatic carbocycles. The number of carbonyl (C=O) groups excluding carboxylic acids is 1. The molecule has 2 aliphatic heterocycles. The van der Waals surface area contributed by atoms with Gasteiger partial charge in [-0.15, -0.1) is 15.3 Å². The number of aromatic nitrogens is 4. The molecular formula is C20H22N6O2. The van der Waals surface area contributed by atoms with Gasteiger partial charge in [0, 0.05) is 20.1 Å². The minimum Gasteiger partial charge on any atom is -0.480 e. The van der Waals surface area contributed by atoms with Gasteiger partial charge in [0.15, 0.2) is 17.6 Å². The first-order valence-corrected chi connectivity index (χ1v) is 9.55. The fourth-order valence-corrected chi connectivity index (χ4v) is 3.85. The summed E-state index contributed by atoms with van der Waals surface area (Å²) in [5, 5.41) is 12.7. The number of amides is 1. The molecule has 2 aliphatic rings. The Labute approximate surface area is 162 Å². The monoisotopic (exact) mass is 378 g/mol. The number of fused-ring (bicyclic) bond motifs is 2. The van der Waals surface area contributed by atoms with Gasteiger partial charge in [0.2, 0.25) is 0 Å². The van der Waals surface area contributed by atoms with E-state index in [1.165, 1.54) is 5.56 Å². The number of likely N-dealkylation sites (N-methyl/N-ethyl adjacent to an activating group) is 1. The molecule has 1 saturated heterocycles. The van der Waals surface area contributed by atoms with Crippen LogP contribution in [0.25, 0.3) is 5.65 Å². The lowest BCUT2D eigenvalue weighted by atomic mass is 10.0. The minimum atomic E-state index is -0.400. The van der Waals surface area contributed by atoms with E-state index in [2.05, 4.69) is 26.3 Å². The van der Waals surface area contributed by atoms with E-state index in [0.717, 1.165) is 49.0 Å². The zero-order chi connectivity index (χ0) is 19.3. The van der Waals surface area contributed by atoms with Crippen LogP contribution in [0.2, 0.25) is 0 Å². The predicted octanol–water partition coefficient (Wildman–Crippen LogP) is 1.47. The standard InChI is InChI=1S/C20H22N6O2/c1-13-21-22-18-9-10-19(23-26(13)18)25-11-15(12-25)24(2)20(27)17-8-7-14-5-3-4-6-16(14)28-17/h3-6,9-10,15,17H,7-8,11-12H2,1-2H3. The quantitative estimate of drug-likeness (QED) is 0.687. The van der Waals surface area contributed by atoms with E-state index in [4.69, 9.17) is 4.74 Å². The van der Waals surface area contributed by atoms with Gasteiger partial charge in [0.05, 0.1) is 6.04 Å². The summed E-state index contributed by atoms with van der Waals surface area (Å²) in [7, 11) is 1.87. The van der Waals surface area contributed by atoms with Crippen LogP contribution in [0.4, 0.5) is 5.82 Å². The lowest BCUT2D eigenvalue weighted by Crippen LogP contribution is -2.62. The molecule has 28 heavy (non-hydrogen) atoms. The van der Waals surface area contributed by atoms with Gasteiger partial charge in [-0.1, -0.05) is 18.2 Å². The zero-order valence-electron chi connectivity index (χ0n) is 15.9. The molecule has 0 N–H and O–H groups in total. The molecule has 8 nitrogen and oxygen atoms in total. The average molecular weight is 378 g/mol. The number of rotatable bonds is 3. The first kappa shape index (κ1) is 17.0. The molecule has 4 heterocycles. The maximum Gasteiger partial charge on any atom is 0.263 e. The first-order chi connectivity index (χ1) is 13.6. The van der Waals surface area contributed by atoms with Crippen molar-refractivity contribution in [1.82, 2.24) is 24.7 Å². The van der Waals surface area contributed by atoms with Crippen molar-refractivity contribution in [3.63, 3.8) is 0 Å². The van der Waals surface area contributed by atoms with E-state index in [9.17, 15) is 4.79 Å². The first-order valence-electron chi connectivity index (χ1n) is 9.55. The SMILES string of the molecule is Cc1nnc2ccc(N3CC(N(C)C(=O)C4CCc5ccccc5O4)C3)nn12. The highest BCUT2D eigenvalue weighted by atomic mass is 16.5.